The minimum Gasteiger partial charge on any atom is -0.486 e. The highest BCUT2D eigenvalue weighted by Crippen LogP contribution is 2.34. The van der Waals surface area contributed by atoms with Crippen LogP contribution in [-0.4, -0.2) is 27.4 Å². The normalized spacial score (nSPS) is 22.3. The molecule has 2 atom stereocenters. The van der Waals surface area contributed by atoms with Gasteiger partial charge in [-0.1, -0.05) is 0 Å². The maximum absolute atomic E-state index is 14.0. The van der Waals surface area contributed by atoms with Crippen LogP contribution in [0, 0.1) is 5.82 Å². The fraction of sp³-hybridized carbons (Fsp3) is 0.462. The van der Waals surface area contributed by atoms with Crippen molar-refractivity contribution in [1.29, 1.82) is 0 Å². The van der Waals surface area contributed by atoms with Gasteiger partial charge in [-0.15, -0.1) is 0 Å². The number of benzene rings is 1. The number of hydrogen-bond acceptors (Lipinski definition) is 2. The van der Waals surface area contributed by atoms with Gasteiger partial charge in [0.25, 0.3) is 0 Å². The molecule has 2 rings (SSSR count). The van der Waals surface area contributed by atoms with Crippen molar-refractivity contribution in [3.63, 3.8) is 0 Å². The molecular formula is C13H14BrF2NO2S. The van der Waals surface area contributed by atoms with E-state index >= 15 is 0 Å². The molecule has 1 aliphatic heterocycles. The zero-order valence-corrected chi connectivity index (χ0v) is 13.6. The molecule has 1 heterocycles. The number of nitrogens with zero attached hydrogens (tertiary/aromatic N) is 1. The summed E-state index contributed by atoms with van der Waals surface area (Å²) < 4.78 is 48.6. The Hall–Kier alpha value is -0.820. The summed E-state index contributed by atoms with van der Waals surface area (Å²) in [7, 11) is -1.62. The monoisotopic (exact) mass is 365 g/mol. The quantitative estimate of drug-likeness (QED) is 0.762. The lowest BCUT2D eigenvalue weighted by Gasteiger charge is -2.24. The molecule has 1 aromatic rings. The van der Waals surface area contributed by atoms with Gasteiger partial charge >= 0.3 is 0 Å². The number of ether oxygens (including phenoxy) is 1. The van der Waals surface area contributed by atoms with Gasteiger partial charge in [-0.05, 0) is 48.8 Å². The molecule has 0 bridgehead atoms. The van der Waals surface area contributed by atoms with E-state index < -0.39 is 27.7 Å². The fourth-order valence-electron chi connectivity index (χ4n) is 1.61. The second-order valence-corrected chi connectivity index (χ2v) is 8.11. The average molecular weight is 366 g/mol. The lowest BCUT2D eigenvalue weighted by molar-refractivity contribution is 0.222. The Morgan fingerprint density at radius 1 is 1.45 bits per heavy atom. The molecule has 0 N–H and O–H groups in total. The van der Waals surface area contributed by atoms with Crippen LogP contribution < -0.4 is 4.74 Å². The SMILES string of the molecule is CC(C)(C)[S@](=O)N=C1c2ccc(Br)c(F)c2OCC1F. The van der Waals surface area contributed by atoms with Crippen LogP contribution in [-0.2, 0) is 11.0 Å². The summed E-state index contributed by atoms with van der Waals surface area (Å²) in [5.41, 5.74) is 0.188. The zero-order chi connectivity index (χ0) is 15.1. The minimum absolute atomic E-state index is 0.0223. The smallest absolute Gasteiger partial charge is 0.179 e. The van der Waals surface area contributed by atoms with E-state index in [2.05, 4.69) is 20.3 Å². The van der Waals surface area contributed by atoms with E-state index in [1.165, 1.54) is 12.1 Å². The van der Waals surface area contributed by atoms with Gasteiger partial charge in [-0.25, -0.2) is 13.0 Å². The topological polar surface area (TPSA) is 38.7 Å². The van der Waals surface area contributed by atoms with Gasteiger partial charge < -0.3 is 4.74 Å². The molecule has 20 heavy (non-hydrogen) atoms. The number of alkyl halides is 1. The predicted molar refractivity (Wildman–Crippen MR) is 78.9 cm³/mol. The number of rotatable bonds is 1. The number of halogens is 3. The van der Waals surface area contributed by atoms with Crippen molar-refractivity contribution in [2.24, 2.45) is 4.40 Å². The highest BCUT2D eigenvalue weighted by atomic mass is 79.9. The van der Waals surface area contributed by atoms with Crippen LogP contribution in [0.4, 0.5) is 8.78 Å². The van der Waals surface area contributed by atoms with E-state index in [0.717, 1.165) is 0 Å². The first-order chi connectivity index (χ1) is 9.21. The Morgan fingerprint density at radius 3 is 2.70 bits per heavy atom. The van der Waals surface area contributed by atoms with Gasteiger partial charge in [0, 0.05) is 5.56 Å². The first-order valence-corrected chi connectivity index (χ1v) is 7.87. The lowest BCUT2D eigenvalue weighted by Crippen LogP contribution is -2.32. The van der Waals surface area contributed by atoms with Gasteiger partial charge in [0.15, 0.2) is 17.7 Å². The van der Waals surface area contributed by atoms with E-state index in [0.29, 0.717) is 0 Å². The van der Waals surface area contributed by atoms with Crippen molar-refractivity contribution in [3.8, 4) is 5.75 Å². The molecule has 0 aromatic heterocycles. The zero-order valence-electron chi connectivity index (χ0n) is 11.2. The number of hydrogen-bond donors (Lipinski definition) is 0. The molecule has 0 aliphatic carbocycles. The van der Waals surface area contributed by atoms with Crippen molar-refractivity contribution in [2.45, 2.75) is 31.7 Å². The molecular weight excluding hydrogens is 352 g/mol. The van der Waals surface area contributed by atoms with Crippen molar-refractivity contribution in [2.75, 3.05) is 6.61 Å². The van der Waals surface area contributed by atoms with Gasteiger partial charge in [0.05, 0.1) is 9.22 Å². The van der Waals surface area contributed by atoms with Crippen LogP contribution >= 0.6 is 15.9 Å². The van der Waals surface area contributed by atoms with Crippen molar-refractivity contribution in [1.82, 2.24) is 0 Å². The average Bonchev–Trinajstić information content (AvgIpc) is 2.35. The fourth-order valence-corrected chi connectivity index (χ4v) is 2.59. The highest BCUT2D eigenvalue weighted by molar-refractivity contribution is 9.10. The van der Waals surface area contributed by atoms with E-state index in [9.17, 15) is 13.0 Å². The Labute approximate surface area is 127 Å². The molecule has 1 aromatic carbocycles. The first kappa shape index (κ1) is 15.6. The summed E-state index contributed by atoms with van der Waals surface area (Å²) in [5.74, 6) is -0.665. The van der Waals surface area contributed by atoms with Crippen LogP contribution in [0.3, 0.4) is 0 Å². The Balaban J connectivity index is 2.54. The molecule has 0 spiro atoms. The molecule has 1 aliphatic rings. The standard InChI is InChI=1S/C13H14BrF2NO2S/c1-13(2,3)20(18)17-11-7-4-5-8(14)10(16)12(7)19-6-9(11)15/h4-5,9H,6H2,1-3H3/t9?,20-/m0/s1. The van der Waals surface area contributed by atoms with Crippen molar-refractivity contribution >= 4 is 32.6 Å². The Kier molecular flexibility index (Phi) is 4.30. The summed E-state index contributed by atoms with van der Waals surface area (Å²) in [6.45, 7) is 4.88. The molecule has 3 nitrogen and oxygen atoms in total. The predicted octanol–water partition coefficient (Wildman–Crippen LogP) is 3.57. The maximum atomic E-state index is 14.0. The molecule has 0 saturated carbocycles. The third-order valence-corrected chi connectivity index (χ3v) is 4.72. The van der Waals surface area contributed by atoms with Gasteiger partial charge in [-0.2, -0.15) is 4.40 Å². The lowest BCUT2D eigenvalue weighted by atomic mass is 10.0. The van der Waals surface area contributed by atoms with Crippen LogP contribution in [0.5, 0.6) is 5.75 Å². The van der Waals surface area contributed by atoms with E-state index in [1.807, 2.05) is 0 Å². The maximum Gasteiger partial charge on any atom is 0.179 e. The van der Waals surface area contributed by atoms with Gasteiger partial charge in [0.1, 0.15) is 23.3 Å². The summed E-state index contributed by atoms with van der Waals surface area (Å²) in [4.78, 5) is 0. The van der Waals surface area contributed by atoms with Gasteiger partial charge in [-0.3, -0.25) is 0 Å². The van der Waals surface area contributed by atoms with Crippen LogP contribution in [0.2, 0.25) is 0 Å². The third-order valence-electron chi connectivity index (χ3n) is 2.70. The van der Waals surface area contributed by atoms with E-state index in [1.54, 1.807) is 20.8 Å². The van der Waals surface area contributed by atoms with Crippen LogP contribution in [0.25, 0.3) is 0 Å². The minimum atomic E-state index is -1.62. The molecule has 0 radical (unpaired) electrons. The second kappa shape index (κ2) is 5.52. The summed E-state index contributed by atoms with van der Waals surface area (Å²) in [6.07, 6.45) is -1.52. The van der Waals surface area contributed by atoms with Crippen molar-refractivity contribution in [3.05, 3.63) is 28.0 Å². The summed E-state index contributed by atoms with van der Waals surface area (Å²) in [5, 5.41) is 0. The highest BCUT2D eigenvalue weighted by Gasteiger charge is 2.32. The summed E-state index contributed by atoms with van der Waals surface area (Å²) >= 11 is 3.04. The number of fused-ring (bicyclic) bond motifs is 1. The van der Waals surface area contributed by atoms with Crippen molar-refractivity contribution < 1.29 is 17.7 Å². The molecule has 0 saturated heterocycles. The molecule has 0 amide bonds. The van der Waals surface area contributed by atoms with E-state index in [-0.39, 0.29) is 28.1 Å². The third kappa shape index (κ3) is 2.93. The Bertz CT molecular complexity index is 599. The molecule has 0 fully saturated rings. The first-order valence-electron chi connectivity index (χ1n) is 5.97. The Morgan fingerprint density at radius 2 is 2.10 bits per heavy atom. The molecule has 1 unspecified atom stereocenters. The molecule has 110 valence electrons. The van der Waals surface area contributed by atoms with Crippen LogP contribution in [0.1, 0.15) is 26.3 Å². The largest absolute Gasteiger partial charge is 0.486 e. The summed E-state index contributed by atoms with van der Waals surface area (Å²) in [6, 6.07) is 2.96. The van der Waals surface area contributed by atoms with Gasteiger partial charge in [0.2, 0.25) is 0 Å². The van der Waals surface area contributed by atoms with E-state index in [4.69, 9.17) is 4.74 Å². The second-order valence-electron chi connectivity index (χ2n) is 5.35. The molecule has 7 heteroatoms. The van der Waals surface area contributed by atoms with Crippen LogP contribution in [0.15, 0.2) is 21.0 Å².